The standard InChI is InChI=1S/C21H19Cl2N3O2/c1-13(17-4-3-16(22)11-18(17)23)26-12-24-19-5-2-15(10-20(19)26)14-6-8-25(9-7-14)21(27)28/h2-6,10-13H,7-9H2,1H3,(H,27,28). The molecule has 0 aliphatic carbocycles. The highest BCUT2D eigenvalue weighted by Gasteiger charge is 2.19. The summed E-state index contributed by atoms with van der Waals surface area (Å²) in [6.45, 7) is 3.00. The van der Waals surface area contributed by atoms with Crippen LogP contribution in [0.1, 0.15) is 30.5 Å². The van der Waals surface area contributed by atoms with Gasteiger partial charge < -0.3 is 14.6 Å². The number of benzene rings is 2. The predicted octanol–water partition coefficient (Wildman–Crippen LogP) is 5.72. The van der Waals surface area contributed by atoms with Gasteiger partial charge in [-0.2, -0.15) is 0 Å². The fraction of sp³-hybridized carbons (Fsp3) is 0.238. The number of fused-ring (bicyclic) bond motifs is 1. The number of carbonyl (C=O) groups is 1. The van der Waals surface area contributed by atoms with E-state index in [0.29, 0.717) is 29.6 Å². The van der Waals surface area contributed by atoms with Crippen LogP contribution in [0.2, 0.25) is 10.0 Å². The predicted molar refractivity (Wildman–Crippen MR) is 112 cm³/mol. The van der Waals surface area contributed by atoms with E-state index in [1.54, 1.807) is 6.07 Å². The van der Waals surface area contributed by atoms with E-state index in [4.69, 9.17) is 28.3 Å². The number of rotatable bonds is 3. The summed E-state index contributed by atoms with van der Waals surface area (Å²) >= 11 is 12.4. The zero-order valence-electron chi connectivity index (χ0n) is 15.3. The van der Waals surface area contributed by atoms with Crippen LogP contribution >= 0.6 is 23.2 Å². The molecule has 4 rings (SSSR count). The summed E-state index contributed by atoms with van der Waals surface area (Å²) in [5.41, 5.74) is 5.14. The van der Waals surface area contributed by atoms with E-state index < -0.39 is 6.09 Å². The van der Waals surface area contributed by atoms with Crippen molar-refractivity contribution in [2.24, 2.45) is 0 Å². The minimum Gasteiger partial charge on any atom is -0.465 e. The molecule has 0 saturated carbocycles. The van der Waals surface area contributed by atoms with Crippen molar-refractivity contribution in [3.8, 4) is 0 Å². The number of imidazole rings is 1. The van der Waals surface area contributed by atoms with Gasteiger partial charge in [-0.3, -0.25) is 0 Å². The quantitative estimate of drug-likeness (QED) is 0.594. The Morgan fingerprint density at radius 3 is 2.71 bits per heavy atom. The van der Waals surface area contributed by atoms with Crippen LogP contribution in [-0.2, 0) is 0 Å². The minimum atomic E-state index is -0.877. The Kier molecular flexibility index (Phi) is 5.04. The molecule has 28 heavy (non-hydrogen) atoms. The Morgan fingerprint density at radius 2 is 2.04 bits per heavy atom. The van der Waals surface area contributed by atoms with Gasteiger partial charge in [0.25, 0.3) is 0 Å². The molecule has 2 heterocycles. The maximum Gasteiger partial charge on any atom is 0.407 e. The third kappa shape index (κ3) is 3.48. The lowest BCUT2D eigenvalue weighted by Crippen LogP contribution is -2.33. The maximum absolute atomic E-state index is 11.1. The second-order valence-corrected chi connectivity index (χ2v) is 7.75. The summed E-state index contributed by atoms with van der Waals surface area (Å²) in [5, 5.41) is 10.4. The molecule has 7 heteroatoms. The van der Waals surface area contributed by atoms with Gasteiger partial charge in [-0.25, -0.2) is 9.78 Å². The van der Waals surface area contributed by atoms with Gasteiger partial charge in [0, 0.05) is 23.1 Å². The third-order valence-corrected chi connectivity index (χ3v) is 5.82. The molecule has 1 aliphatic rings. The van der Waals surface area contributed by atoms with E-state index in [-0.39, 0.29) is 6.04 Å². The van der Waals surface area contributed by atoms with E-state index in [9.17, 15) is 4.79 Å². The minimum absolute atomic E-state index is 0.00662. The van der Waals surface area contributed by atoms with Gasteiger partial charge in [0.05, 0.1) is 23.4 Å². The SMILES string of the molecule is CC(c1ccc(Cl)cc1Cl)n1cnc2ccc(C3=CCN(C(=O)O)CC3)cc21. The molecule has 0 bridgehead atoms. The molecule has 1 aromatic heterocycles. The second-order valence-electron chi connectivity index (χ2n) is 6.91. The van der Waals surface area contributed by atoms with Gasteiger partial charge in [-0.1, -0.05) is 41.4 Å². The third-order valence-electron chi connectivity index (χ3n) is 5.26. The number of hydrogen-bond donors (Lipinski definition) is 1. The lowest BCUT2D eigenvalue weighted by Gasteiger charge is -2.24. The molecule has 1 aliphatic heterocycles. The number of halogens is 2. The zero-order valence-corrected chi connectivity index (χ0v) is 16.8. The highest BCUT2D eigenvalue weighted by molar-refractivity contribution is 6.35. The monoisotopic (exact) mass is 415 g/mol. The fourth-order valence-corrected chi connectivity index (χ4v) is 4.20. The van der Waals surface area contributed by atoms with Gasteiger partial charge in [0.15, 0.2) is 0 Å². The van der Waals surface area contributed by atoms with E-state index in [1.165, 1.54) is 4.90 Å². The van der Waals surface area contributed by atoms with Gasteiger partial charge in [-0.15, -0.1) is 0 Å². The molecule has 0 fully saturated rings. The van der Waals surface area contributed by atoms with Crippen molar-refractivity contribution >= 4 is 45.9 Å². The molecule has 1 atom stereocenters. The molecule has 3 aromatic rings. The van der Waals surface area contributed by atoms with E-state index in [2.05, 4.69) is 22.5 Å². The first-order chi connectivity index (χ1) is 13.4. The Hall–Kier alpha value is -2.50. The van der Waals surface area contributed by atoms with Crippen LogP contribution in [-0.4, -0.2) is 38.7 Å². The molecule has 1 amide bonds. The van der Waals surface area contributed by atoms with E-state index in [1.807, 2.05) is 36.7 Å². The lowest BCUT2D eigenvalue weighted by atomic mass is 9.99. The van der Waals surface area contributed by atoms with Crippen molar-refractivity contribution in [3.63, 3.8) is 0 Å². The highest BCUT2D eigenvalue weighted by atomic mass is 35.5. The largest absolute Gasteiger partial charge is 0.465 e. The molecule has 0 saturated heterocycles. The van der Waals surface area contributed by atoms with Crippen molar-refractivity contribution in [2.75, 3.05) is 13.1 Å². The Labute approximate surface area is 172 Å². The lowest BCUT2D eigenvalue weighted by molar-refractivity contribution is 0.150. The molecule has 1 unspecified atom stereocenters. The molecular weight excluding hydrogens is 397 g/mol. The van der Waals surface area contributed by atoms with Crippen molar-refractivity contribution in [3.05, 3.63) is 70.0 Å². The first kappa shape index (κ1) is 18.8. The van der Waals surface area contributed by atoms with Crippen molar-refractivity contribution in [1.82, 2.24) is 14.5 Å². The van der Waals surface area contributed by atoms with Crippen LogP contribution in [0.3, 0.4) is 0 Å². The average molecular weight is 416 g/mol. The van der Waals surface area contributed by atoms with Gasteiger partial charge >= 0.3 is 6.09 Å². The van der Waals surface area contributed by atoms with Gasteiger partial charge in [-0.05, 0) is 54.3 Å². The summed E-state index contributed by atoms with van der Waals surface area (Å²) in [4.78, 5) is 17.0. The van der Waals surface area contributed by atoms with Crippen LogP contribution in [0.4, 0.5) is 4.79 Å². The number of nitrogens with zero attached hydrogens (tertiary/aromatic N) is 3. The maximum atomic E-state index is 11.1. The molecule has 0 spiro atoms. The van der Waals surface area contributed by atoms with Gasteiger partial charge in [0.2, 0.25) is 0 Å². The number of carboxylic acid groups (broad SMARTS) is 1. The van der Waals surface area contributed by atoms with Gasteiger partial charge in [0.1, 0.15) is 0 Å². The average Bonchev–Trinajstić information content (AvgIpc) is 3.11. The van der Waals surface area contributed by atoms with Crippen LogP contribution in [0.25, 0.3) is 16.6 Å². The van der Waals surface area contributed by atoms with Crippen LogP contribution in [0.15, 0.2) is 48.8 Å². The smallest absolute Gasteiger partial charge is 0.407 e. The Morgan fingerprint density at radius 1 is 1.21 bits per heavy atom. The van der Waals surface area contributed by atoms with Crippen LogP contribution in [0, 0.1) is 0 Å². The molecule has 0 radical (unpaired) electrons. The van der Waals surface area contributed by atoms with Crippen molar-refractivity contribution < 1.29 is 9.90 Å². The summed E-state index contributed by atoms with van der Waals surface area (Å²) in [6.07, 6.45) is 3.63. The summed E-state index contributed by atoms with van der Waals surface area (Å²) in [7, 11) is 0. The second kappa shape index (κ2) is 7.49. The molecule has 1 N–H and O–H groups in total. The van der Waals surface area contributed by atoms with E-state index in [0.717, 1.165) is 27.7 Å². The van der Waals surface area contributed by atoms with E-state index >= 15 is 0 Å². The number of hydrogen-bond acceptors (Lipinski definition) is 2. The fourth-order valence-electron chi connectivity index (χ4n) is 3.63. The zero-order chi connectivity index (χ0) is 19.8. The first-order valence-corrected chi connectivity index (χ1v) is 9.78. The number of amides is 1. The summed E-state index contributed by atoms with van der Waals surface area (Å²) in [6, 6.07) is 11.7. The van der Waals surface area contributed by atoms with Crippen LogP contribution < -0.4 is 0 Å². The molecule has 5 nitrogen and oxygen atoms in total. The highest BCUT2D eigenvalue weighted by Crippen LogP contribution is 2.32. The molecule has 144 valence electrons. The van der Waals surface area contributed by atoms with Crippen molar-refractivity contribution in [1.29, 1.82) is 0 Å². The number of aromatic nitrogens is 2. The Balaban J connectivity index is 1.70. The molecular formula is C21H19Cl2N3O2. The first-order valence-electron chi connectivity index (χ1n) is 9.03. The normalized spacial score (nSPS) is 15.5. The summed E-state index contributed by atoms with van der Waals surface area (Å²) in [5.74, 6) is 0. The Bertz CT molecular complexity index is 1090. The molecule has 2 aromatic carbocycles. The summed E-state index contributed by atoms with van der Waals surface area (Å²) < 4.78 is 2.10. The van der Waals surface area contributed by atoms with Crippen LogP contribution in [0.5, 0.6) is 0 Å². The van der Waals surface area contributed by atoms with Crippen molar-refractivity contribution in [2.45, 2.75) is 19.4 Å². The topological polar surface area (TPSA) is 58.4 Å².